The largest absolute Gasteiger partial charge is 0.396 e. The Morgan fingerprint density at radius 3 is 2.50 bits per heavy atom. The lowest BCUT2D eigenvalue weighted by atomic mass is 9.87. The predicted molar refractivity (Wildman–Crippen MR) is 75.2 cm³/mol. The van der Waals surface area contributed by atoms with Gasteiger partial charge in [-0.25, -0.2) is 0 Å². The first kappa shape index (κ1) is 19.0. The van der Waals surface area contributed by atoms with Crippen molar-refractivity contribution in [3.05, 3.63) is 0 Å². The van der Waals surface area contributed by atoms with Crippen molar-refractivity contribution in [2.24, 2.45) is 5.41 Å². The van der Waals surface area contributed by atoms with Crippen LogP contribution in [0.15, 0.2) is 0 Å². The van der Waals surface area contributed by atoms with E-state index in [-0.39, 0.29) is 12.4 Å². The molecule has 0 aromatic carbocycles. The van der Waals surface area contributed by atoms with Gasteiger partial charge in [-0.2, -0.15) is 0 Å². The van der Waals surface area contributed by atoms with Gasteiger partial charge < -0.3 is 20.3 Å². The van der Waals surface area contributed by atoms with Crippen LogP contribution in [0.3, 0.4) is 0 Å². The molecule has 0 spiro atoms. The molecule has 0 radical (unpaired) electrons. The molecule has 0 rings (SSSR count). The first-order chi connectivity index (χ1) is 9.35. The molecule has 0 saturated carbocycles. The lowest BCUT2D eigenvalue weighted by Crippen LogP contribution is -2.45. The molecule has 1 amide bonds. The van der Waals surface area contributed by atoms with Crippen molar-refractivity contribution in [3.63, 3.8) is 0 Å². The third kappa shape index (κ3) is 7.57. The van der Waals surface area contributed by atoms with Crippen LogP contribution in [-0.2, 0) is 14.3 Å². The molecule has 0 bridgehead atoms. The number of aliphatic hydroxyl groups is 2. The van der Waals surface area contributed by atoms with Gasteiger partial charge in [0.1, 0.15) is 11.9 Å². The van der Waals surface area contributed by atoms with Crippen molar-refractivity contribution in [3.8, 4) is 0 Å². The summed E-state index contributed by atoms with van der Waals surface area (Å²) in [5.74, 6) is -0.422. The number of amides is 1. The second kappa shape index (κ2) is 9.85. The van der Waals surface area contributed by atoms with E-state index in [2.05, 4.69) is 5.32 Å². The van der Waals surface area contributed by atoms with Crippen LogP contribution in [0.4, 0.5) is 0 Å². The molecule has 0 heterocycles. The number of ether oxygens (including phenoxy) is 1. The van der Waals surface area contributed by atoms with Gasteiger partial charge in [-0.3, -0.25) is 9.59 Å². The highest BCUT2D eigenvalue weighted by Gasteiger charge is 2.32. The van der Waals surface area contributed by atoms with Gasteiger partial charge in [-0.1, -0.05) is 13.8 Å². The molecule has 3 N–H and O–H groups in total. The van der Waals surface area contributed by atoms with Gasteiger partial charge in [-0.15, -0.1) is 0 Å². The van der Waals surface area contributed by atoms with E-state index in [1.54, 1.807) is 13.8 Å². The van der Waals surface area contributed by atoms with Gasteiger partial charge in [0.05, 0.1) is 13.2 Å². The zero-order chi connectivity index (χ0) is 15.6. The van der Waals surface area contributed by atoms with Crippen molar-refractivity contribution >= 4 is 11.7 Å². The SMILES string of the molecule is CCOCCC(=O)CCCNC(=O)[C@H](O)C(C)(C)CO. The van der Waals surface area contributed by atoms with E-state index in [4.69, 9.17) is 9.84 Å². The van der Waals surface area contributed by atoms with Crippen LogP contribution in [0.25, 0.3) is 0 Å². The highest BCUT2D eigenvalue weighted by molar-refractivity contribution is 5.81. The minimum atomic E-state index is -1.26. The van der Waals surface area contributed by atoms with Crippen LogP contribution in [0.2, 0.25) is 0 Å². The maximum absolute atomic E-state index is 11.6. The molecule has 1 atom stereocenters. The average Bonchev–Trinajstić information content (AvgIpc) is 2.42. The molecule has 0 aliphatic carbocycles. The second-order valence-electron chi connectivity index (χ2n) is 5.43. The number of aliphatic hydroxyl groups excluding tert-OH is 2. The van der Waals surface area contributed by atoms with Gasteiger partial charge in [-0.05, 0) is 13.3 Å². The zero-order valence-electron chi connectivity index (χ0n) is 12.6. The smallest absolute Gasteiger partial charge is 0.249 e. The van der Waals surface area contributed by atoms with Crippen molar-refractivity contribution in [1.29, 1.82) is 0 Å². The molecule has 0 aliphatic heterocycles. The van der Waals surface area contributed by atoms with Gasteiger partial charge >= 0.3 is 0 Å². The molecular weight excluding hydrogens is 262 g/mol. The molecule has 0 aromatic heterocycles. The Labute approximate surface area is 120 Å². The van der Waals surface area contributed by atoms with E-state index in [1.165, 1.54) is 0 Å². The normalized spacial score (nSPS) is 13.1. The van der Waals surface area contributed by atoms with Crippen molar-refractivity contribution in [2.75, 3.05) is 26.4 Å². The average molecular weight is 289 g/mol. The Hall–Kier alpha value is -0.980. The highest BCUT2D eigenvalue weighted by Crippen LogP contribution is 2.19. The number of nitrogens with one attached hydrogen (secondary N) is 1. The zero-order valence-corrected chi connectivity index (χ0v) is 12.6. The number of carbonyl (C=O) groups is 2. The molecule has 0 aromatic rings. The second-order valence-corrected chi connectivity index (χ2v) is 5.43. The molecule has 0 saturated heterocycles. The Balaban J connectivity index is 3.79. The molecule has 20 heavy (non-hydrogen) atoms. The Bertz CT molecular complexity index is 304. The van der Waals surface area contributed by atoms with E-state index >= 15 is 0 Å². The van der Waals surface area contributed by atoms with Crippen LogP contribution >= 0.6 is 0 Å². The Morgan fingerprint density at radius 2 is 1.95 bits per heavy atom. The van der Waals surface area contributed by atoms with Crippen LogP contribution in [0, 0.1) is 5.41 Å². The minimum Gasteiger partial charge on any atom is -0.396 e. The number of hydrogen-bond donors (Lipinski definition) is 3. The number of carbonyl (C=O) groups excluding carboxylic acids is 2. The number of rotatable bonds is 11. The summed E-state index contributed by atoms with van der Waals surface area (Å²) in [4.78, 5) is 23.1. The summed E-state index contributed by atoms with van der Waals surface area (Å²) >= 11 is 0. The Morgan fingerprint density at radius 1 is 1.30 bits per heavy atom. The predicted octanol–water partition coefficient (Wildman–Crippen LogP) is 0.258. The molecule has 6 nitrogen and oxygen atoms in total. The number of Topliss-reactive ketones (excluding diaryl/α,β-unsaturated/α-hetero) is 1. The number of ketones is 1. The van der Waals surface area contributed by atoms with E-state index in [0.717, 1.165) is 0 Å². The maximum Gasteiger partial charge on any atom is 0.249 e. The summed E-state index contributed by atoms with van der Waals surface area (Å²) in [7, 11) is 0. The molecule has 0 aliphatic rings. The quantitative estimate of drug-likeness (QED) is 0.474. The molecule has 0 fully saturated rings. The maximum atomic E-state index is 11.6. The summed E-state index contributed by atoms with van der Waals surface area (Å²) in [6.07, 6.45) is 0.0405. The molecular formula is C14H27NO5. The summed E-state index contributed by atoms with van der Waals surface area (Å²) in [5, 5.41) is 21.4. The molecule has 0 unspecified atom stereocenters. The fraction of sp³-hybridized carbons (Fsp3) is 0.857. The lowest BCUT2D eigenvalue weighted by Gasteiger charge is -2.27. The van der Waals surface area contributed by atoms with E-state index < -0.39 is 17.4 Å². The summed E-state index contributed by atoms with van der Waals surface area (Å²) in [6, 6.07) is 0. The van der Waals surface area contributed by atoms with Crippen molar-refractivity contribution in [1.82, 2.24) is 5.32 Å². The minimum absolute atomic E-state index is 0.101. The van der Waals surface area contributed by atoms with Crippen molar-refractivity contribution < 1.29 is 24.5 Å². The van der Waals surface area contributed by atoms with Gasteiger partial charge in [0.2, 0.25) is 5.91 Å². The van der Waals surface area contributed by atoms with Gasteiger partial charge in [0.15, 0.2) is 0 Å². The lowest BCUT2D eigenvalue weighted by molar-refractivity contribution is -0.137. The third-order valence-electron chi connectivity index (χ3n) is 3.06. The van der Waals surface area contributed by atoms with Crippen LogP contribution in [0.1, 0.15) is 40.0 Å². The van der Waals surface area contributed by atoms with Gasteiger partial charge in [0.25, 0.3) is 0 Å². The van der Waals surface area contributed by atoms with E-state index in [1.807, 2.05) is 6.92 Å². The first-order valence-electron chi connectivity index (χ1n) is 7.01. The topological polar surface area (TPSA) is 95.9 Å². The summed E-state index contributed by atoms with van der Waals surface area (Å²) in [6.45, 7) is 6.17. The van der Waals surface area contributed by atoms with Gasteiger partial charge in [0, 0.05) is 31.4 Å². The summed E-state index contributed by atoms with van der Waals surface area (Å²) in [5.41, 5.74) is -0.878. The Kier molecular flexibility index (Phi) is 9.37. The van der Waals surface area contributed by atoms with Crippen LogP contribution < -0.4 is 5.32 Å². The monoisotopic (exact) mass is 289 g/mol. The molecule has 118 valence electrons. The molecule has 6 heteroatoms. The third-order valence-corrected chi connectivity index (χ3v) is 3.06. The van der Waals surface area contributed by atoms with E-state index in [0.29, 0.717) is 39.0 Å². The fourth-order valence-corrected chi connectivity index (χ4v) is 1.49. The standard InChI is InChI=1S/C14H27NO5/c1-4-20-9-7-11(17)6-5-8-15-13(19)12(18)14(2,3)10-16/h12,16,18H,4-10H2,1-3H3,(H,15,19)/t12-/m0/s1. The summed E-state index contributed by atoms with van der Waals surface area (Å²) < 4.78 is 5.08. The first-order valence-corrected chi connectivity index (χ1v) is 7.01. The fourth-order valence-electron chi connectivity index (χ4n) is 1.49. The number of hydrogen-bond acceptors (Lipinski definition) is 5. The van der Waals surface area contributed by atoms with Crippen LogP contribution in [-0.4, -0.2) is 54.4 Å². The van der Waals surface area contributed by atoms with Crippen molar-refractivity contribution in [2.45, 2.75) is 46.1 Å². The van der Waals surface area contributed by atoms with E-state index in [9.17, 15) is 14.7 Å². The highest BCUT2D eigenvalue weighted by atomic mass is 16.5. The van der Waals surface area contributed by atoms with Crippen LogP contribution in [0.5, 0.6) is 0 Å².